The van der Waals surface area contributed by atoms with Crippen LogP contribution in [0.25, 0.3) is 0 Å². The van der Waals surface area contributed by atoms with E-state index in [2.05, 4.69) is 4.98 Å². The van der Waals surface area contributed by atoms with Crippen molar-refractivity contribution in [1.82, 2.24) is 11.1 Å². The second-order valence-electron chi connectivity index (χ2n) is 2.14. The minimum atomic E-state index is 0. The van der Waals surface area contributed by atoms with Crippen molar-refractivity contribution < 1.29 is 0 Å². The van der Waals surface area contributed by atoms with Crippen molar-refractivity contribution in [3.8, 4) is 0 Å². The van der Waals surface area contributed by atoms with Crippen molar-refractivity contribution in [1.29, 1.82) is 0 Å². The molecular weight excluding hydrogens is 126 g/mol. The van der Waals surface area contributed by atoms with E-state index in [1.165, 1.54) is 5.56 Å². The molecule has 0 saturated carbocycles. The van der Waals surface area contributed by atoms with E-state index >= 15 is 0 Å². The Hall–Kier alpha value is -1.09. The lowest BCUT2D eigenvalue weighted by Gasteiger charge is -1.97. The molecular formula is C7H13N3. The van der Waals surface area contributed by atoms with Crippen LogP contribution < -0.4 is 11.9 Å². The fraction of sp³-hybridized carbons (Fsp3) is 0.286. The smallest absolute Gasteiger partial charge is 0.123 e. The molecule has 56 valence electrons. The van der Waals surface area contributed by atoms with Crippen LogP contribution >= 0.6 is 0 Å². The predicted molar refractivity (Wildman–Crippen MR) is 43.1 cm³/mol. The summed E-state index contributed by atoms with van der Waals surface area (Å²) < 4.78 is 0. The Morgan fingerprint density at radius 2 is 1.90 bits per heavy atom. The molecule has 0 fully saturated rings. The maximum absolute atomic E-state index is 5.42. The summed E-state index contributed by atoms with van der Waals surface area (Å²) >= 11 is 0. The molecule has 0 aliphatic carbocycles. The molecule has 0 unspecified atom stereocenters. The van der Waals surface area contributed by atoms with Crippen molar-refractivity contribution in [3.05, 3.63) is 23.4 Å². The van der Waals surface area contributed by atoms with Crippen molar-refractivity contribution in [2.45, 2.75) is 13.8 Å². The highest BCUT2D eigenvalue weighted by Gasteiger charge is 1.91. The molecule has 0 atom stereocenters. The third-order valence-electron chi connectivity index (χ3n) is 1.37. The second kappa shape index (κ2) is 3.17. The van der Waals surface area contributed by atoms with Gasteiger partial charge in [-0.15, -0.1) is 0 Å². The lowest BCUT2D eigenvalue weighted by Crippen LogP contribution is -1.92. The minimum Gasteiger partial charge on any atom is -0.384 e. The number of hydrogen-bond acceptors (Lipinski definition) is 3. The largest absolute Gasteiger partial charge is 0.384 e. The first kappa shape index (κ1) is 8.91. The van der Waals surface area contributed by atoms with Gasteiger partial charge in [-0.2, -0.15) is 0 Å². The molecule has 1 heterocycles. The molecule has 3 nitrogen and oxygen atoms in total. The zero-order valence-corrected chi connectivity index (χ0v) is 6.39. The fourth-order valence-corrected chi connectivity index (χ4v) is 0.650. The third kappa shape index (κ3) is 1.70. The fourth-order valence-electron chi connectivity index (χ4n) is 0.650. The quantitative estimate of drug-likeness (QED) is 0.571. The molecule has 0 spiro atoms. The zero-order valence-electron chi connectivity index (χ0n) is 6.39. The van der Waals surface area contributed by atoms with Crippen LogP contribution in [-0.4, -0.2) is 4.98 Å². The first-order valence-corrected chi connectivity index (χ1v) is 2.90. The summed E-state index contributed by atoms with van der Waals surface area (Å²) in [5.41, 5.74) is 7.61. The Balaban J connectivity index is 0.000000810. The van der Waals surface area contributed by atoms with E-state index < -0.39 is 0 Å². The van der Waals surface area contributed by atoms with E-state index in [0.29, 0.717) is 5.82 Å². The Morgan fingerprint density at radius 3 is 2.30 bits per heavy atom. The average Bonchev–Trinajstić information content (AvgIpc) is 1.80. The monoisotopic (exact) mass is 139 g/mol. The maximum atomic E-state index is 5.42. The van der Waals surface area contributed by atoms with Gasteiger partial charge >= 0.3 is 0 Å². The summed E-state index contributed by atoms with van der Waals surface area (Å²) in [6.45, 7) is 3.97. The molecule has 5 N–H and O–H groups in total. The molecule has 0 aliphatic heterocycles. The first-order chi connectivity index (χ1) is 4.20. The van der Waals surface area contributed by atoms with Crippen LogP contribution in [0.15, 0.2) is 12.1 Å². The van der Waals surface area contributed by atoms with E-state index in [1.54, 1.807) is 0 Å². The number of nitrogen functional groups attached to an aromatic ring is 1. The van der Waals surface area contributed by atoms with Crippen LogP contribution in [0.1, 0.15) is 11.3 Å². The van der Waals surface area contributed by atoms with Gasteiger partial charge in [0.05, 0.1) is 0 Å². The van der Waals surface area contributed by atoms with Gasteiger partial charge in [0.15, 0.2) is 0 Å². The molecule has 10 heavy (non-hydrogen) atoms. The lowest BCUT2D eigenvalue weighted by molar-refractivity contribution is 1.16. The number of aromatic nitrogens is 1. The molecule has 1 aromatic rings. The maximum Gasteiger partial charge on any atom is 0.123 e. The molecule has 3 heteroatoms. The van der Waals surface area contributed by atoms with Crippen molar-refractivity contribution in [2.75, 3.05) is 5.73 Å². The van der Waals surface area contributed by atoms with Gasteiger partial charge in [-0.3, -0.25) is 0 Å². The summed E-state index contributed by atoms with van der Waals surface area (Å²) in [4.78, 5) is 4.05. The number of pyridine rings is 1. The highest BCUT2D eigenvalue weighted by molar-refractivity contribution is 5.32. The van der Waals surface area contributed by atoms with Gasteiger partial charge in [0, 0.05) is 5.69 Å². The van der Waals surface area contributed by atoms with Gasteiger partial charge in [-0.25, -0.2) is 4.98 Å². The number of anilines is 1. The number of nitrogens with zero attached hydrogens (tertiary/aromatic N) is 1. The van der Waals surface area contributed by atoms with Crippen molar-refractivity contribution in [2.24, 2.45) is 0 Å². The Morgan fingerprint density at radius 1 is 1.30 bits per heavy atom. The van der Waals surface area contributed by atoms with E-state index in [4.69, 9.17) is 5.73 Å². The minimum absolute atomic E-state index is 0. The Labute approximate surface area is 60.9 Å². The summed E-state index contributed by atoms with van der Waals surface area (Å²) in [6, 6.07) is 3.78. The Bertz CT molecular complexity index is 220. The predicted octanol–water partition coefficient (Wildman–Crippen LogP) is 1.44. The molecule has 0 aliphatic rings. The average molecular weight is 139 g/mol. The van der Waals surface area contributed by atoms with E-state index in [9.17, 15) is 0 Å². The molecule has 0 bridgehead atoms. The number of aryl methyl sites for hydroxylation is 2. The normalized spacial score (nSPS) is 8.60. The molecule has 1 rings (SSSR count). The van der Waals surface area contributed by atoms with Gasteiger partial charge in [0.25, 0.3) is 0 Å². The molecule has 1 aromatic heterocycles. The van der Waals surface area contributed by atoms with Crippen LogP contribution in [-0.2, 0) is 0 Å². The molecule has 0 radical (unpaired) electrons. The summed E-state index contributed by atoms with van der Waals surface area (Å²) in [6.07, 6.45) is 0. The lowest BCUT2D eigenvalue weighted by atomic mass is 10.2. The topological polar surface area (TPSA) is 73.9 Å². The molecule has 0 aromatic carbocycles. The van der Waals surface area contributed by atoms with Gasteiger partial charge in [-0.1, -0.05) is 6.07 Å². The number of rotatable bonds is 0. The van der Waals surface area contributed by atoms with Crippen molar-refractivity contribution in [3.63, 3.8) is 0 Å². The van der Waals surface area contributed by atoms with Crippen LogP contribution in [0.2, 0.25) is 0 Å². The number of nitrogens with two attached hydrogens (primary N) is 1. The standard InChI is InChI=1S/C7H10N2.H3N/c1-5-3-4-7(8)9-6(5)2;/h3-4H,1-2H3,(H2,8,9);1H3. The van der Waals surface area contributed by atoms with E-state index in [0.717, 1.165) is 5.69 Å². The van der Waals surface area contributed by atoms with Gasteiger partial charge in [0.1, 0.15) is 5.82 Å². The summed E-state index contributed by atoms with van der Waals surface area (Å²) in [5.74, 6) is 0.595. The summed E-state index contributed by atoms with van der Waals surface area (Å²) in [7, 11) is 0. The SMILES string of the molecule is Cc1ccc(N)nc1C.N. The van der Waals surface area contributed by atoms with Gasteiger partial charge < -0.3 is 11.9 Å². The Kier molecular flexibility index (Phi) is 2.83. The number of hydrogen-bond donors (Lipinski definition) is 2. The molecule has 0 saturated heterocycles. The highest BCUT2D eigenvalue weighted by atomic mass is 14.8. The van der Waals surface area contributed by atoms with Crippen LogP contribution in [0, 0.1) is 13.8 Å². The van der Waals surface area contributed by atoms with Gasteiger partial charge in [-0.05, 0) is 25.5 Å². The van der Waals surface area contributed by atoms with Crippen LogP contribution in [0.5, 0.6) is 0 Å². The van der Waals surface area contributed by atoms with Crippen molar-refractivity contribution >= 4 is 5.82 Å². The van der Waals surface area contributed by atoms with Gasteiger partial charge in [0.2, 0.25) is 0 Å². The van der Waals surface area contributed by atoms with Crippen LogP contribution in [0.4, 0.5) is 5.82 Å². The first-order valence-electron chi connectivity index (χ1n) is 2.90. The van der Waals surface area contributed by atoms with E-state index in [1.807, 2.05) is 26.0 Å². The third-order valence-corrected chi connectivity index (χ3v) is 1.37. The second-order valence-corrected chi connectivity index (χ2v) is 2.14. The molecule has 0 amide bonds. The van der Waals surface area contributed by atoms with Crippen LogP contribution in [0.3, 0.4) is 0 Å². The highest BCUT2D eigenvalue weighted by Crippen LogP contribution is 2.04. The van der Waals surface area contributed by atoms with E-state index in [-0.39, 0.29) is 6.15 Å². The zero-order chi connectivity index (χ0) is 6.85. The summed E-state index contributed by atoms with van der Waals surface area (Å²) in [5, 5.41) is 0.